The zero-order valence-electron chi connectivity index (χ0n) is 24.7. The van der Waals surface area contributed by atoms with Crippen LogP contribution in [-0.4, -0.2) is 67.7 Å². The SMILES string of the molecule is CC(C)(C)OC(=O)n1ncc2nc(NC(=O)[C@H]3CCCN3C(=O)C3(c4ccc(C(=O)C(F)(F)F)cc4)CCCCC3)ccc21. The second-order valence-electron chi connectivity index (χ2n) is 12.3. The van der Waals surface area contributed by atoms with Gasteiger partial charge in [-0.15, -0.1) is 0 Å². The summed E-state index contributed by atoms with van der Waals surface area (Å²) in [6.45, 7) is 5.59. The van der Waals surface area contributed by atoms with Crippen molar-refractivity contribution in [1.82, 2.24) is 19.7 Å². The second kappa shape index (κ2) is 11.7. The molecule has 10 nitrogen and oxygen atoms in total. The van der Waals surface area contributed by atoms with Crippen molar-refractivity contribution < 1.29 is 37.1 Å². The van der Waals surface area contributed by atoms with E-state index >= 15 is 0 Å². The van der Waals surface area contributed by atoms with Gasteiger partial charge in [-0.1, -0.05) is 43.5 Å². The van der Waals surface area contributed by atoms with Crippen molar-refractivity contribution >= 4 is 40.5 Å². The van der Waals surface area contributed by atoms with Crippen LogP contribution in [0, 0.1) is 0 Å². The standard InChI is InChI=1S/C31H34F3N5O5/c1-29(2,3)44-28(43)39-22-13-14-24(36-21(22)18-35-39)37-26(41)23-8-7-17-38(23)27(42)30(15-5-4-6-16-30)20-11-9-19(10-12-20)25(40)31(32,33)34/h9-14,18,23H,4-8,15-17H2,1-3H3,(H,36,37,41)/t23-/m1/s1. The van der Waals surface area contributed by atoms with Gasteiger partial charge in [-0.25, -0.2) is 9.78 Å². The fraction of sp³-hybridized carbons (Fsp3) is 0.484. The minimum absolute atomic E-state index is 0.225. The molecule has 1 aliphatic carbocycles. The number of nitrogens with one attached hydrogen (secondary N) is 1. The summed E-state index contributed by atoms with van der Waals surface area (Å²) in [6.07, 6.45) is 0.175. The maximum absolute atomic E-state index is 14.2. The number of halogens is 3. The molecule has 0 radical (unpaired) electrons. The first kappa shape index (κ1) is 31.1. The number of hydrogen-bond donors (Lipinski definition) is 1. The molecule has 44 heavy (non-hydrogen) atoms. The number of rotatable bonds is 5. The number of nitrogens with zero attached hydrogens (tertiary/aromatic N) is 4. The van der Waals surface area contributed by atoms with E-state index in [2.05, 4.69) is 15.4 Å². The number of alkyl halides is 3. The molecule has 1 aliphatic heterocycles. The zero-order chi connectivity index (χ0) is 31.9. The Morgan fingerprint density at radius 1 is 0.955 bits per heavy atom. The van der Waals surface area contributed by atoms with Crippen molar-refractivity contribution in [2.45, 2.75) is 89.0 Å². The number of amides is 2. The molecule has 1 aromatic carbocycles. The molecule has 0 spiro atoms. The molecule has 234 valence electrons. The first-order valence-corrected chi connectivity index (χ1v) is 14.6. The molecular formula is C31H34F3N5O5. The normalized spacial score (nSPS) is 18.7. The molecule has 2 amide bonds. The highest BCUT2D eigenvalue weighted by atomic mass is 19.4. The number of anilines is 1. The maximum atomic E-state index is 14.2. The number of likely N-dealkylation sites (tertiary alicyclic amines) is 1. The van der Waals surface area contributed by atoms with E-state index in [0.29, 0.717) is 48.8 Å². The summed E-state index contributed by atoms with van der Waals surface area (Å²) in [7, 11) is 0. The fourth-order valence-electron chi connectivity index (χ4n) is 6.09. The minimum atomic E-state index is -4.99. The van der Waals surface area contributed by atoms with Gasteiger partial charge in [0.25, 0.3) is 5.78 Å². The van der Waals surface area contributed by atoms with Crippen molar-refractivity contribution in [1.29, 1.82) is 0 Å². The summed E-state index contributed by atoms with van der Waals surface area (Å²) in [4.78, 5) is 57.9. The first-order valence-electron chi connectivity index (χ1n) is 14.6. The molecular weight excluding hydrogens is 579 g/mol. The van der Waals surface area contributed by atoms with Gasteiger partial charge in [-0.2, -0.15) is 23.0 Å². The Balaban J connectivity index is 1.35. The lowest BCUT2D eigenvalue weighted by atomic mass is 9.68. The lowest BCUT2D eigenvalue weighted by Gasteiger charge is -2.40. The zero-order valence-corrected chi connectivity index (χ0v) is 24.7. The topological polar surface area (TPSA) is 123 Å². The highest BCUT2D eigenvalue weighted by Crippen LogP contribution is 2.43. The third-order valence-electron chi connectivity index (χ3n) is 8.13. The van der Waals surface area contributed by atoms with E-state index < -0.39 is 46.6 Å². The van der Waals surface area contributed by atoms with Gasteiger partial charge in [0, 0.05) is 12.1 Å². The second-order valence-corrected chi connectivity index (χ2v) is 12.3. The van der Waals surface area contributed by atoms with Crippen molar-refractivity contribution in [2.75, 3.05) is 11.9 Å². The van der Waals surface area contributed by atoms with Crippen LogP contribution in [0.3, 0.4) is 0 Å². The number of carbonyl (C=O) groups excluding carboxylic acids is 4. The van der Waals surface area contributed by atoms with Crippen LogP contribution in [-0.2, 0) is 19.7 Å². The molecule has 1 saturated heterocycles. The lowest BCUT2D eigenvalue weighted by molar-refractivity contribution is -0.143. The number of ketones is 1. The number of ether oxygens (including phenoxy) is 1. The summed E-state index contributed by atoms with van der Waals surface area (Å²) >= 11 is 0. The van der Waals surface area contributed by atoms with Gasteiger partial charge in [0.05, 0.1) is 17.1 Å². The summed E-state index contributed by atoms with van der Waals surface area (Å²) in [5.41, 5.74) is -0.902. The van der Waals surface area contributed by atoms with Gasteiger partial charge in [0.2, 0.25) is 11.8 Å². The minimum Gasteiger partial charge on any atom is -0.442 e. The predicted molar refractivity (Wildman–Crippen MR) is 154 cm³/mol. The number of hydrogen-bond acceptors (Lipinski definition) is 7. The van der Waals surface area contributed by atoms with E-state index in [4.69, 9.17) is 4.74 Å². The third kappa shape index (κ3) is 6.18. The quantitative estimate of drug-likeness (QED) is 0.361. The number of carbonyl (C=O) groups is 4. The Morgan fingerprint density at radius 2 is 1.64 bits per heavy atom. The van der Waals surface area contributed by atoms with Crippen molar-refractivity contribution in [3.8, 4) is 0 Å². The summed E-state index contributed by atoms with van der Waals surface area (Å²) in [6, 6.07) is 7.47. The summed E-state index contributed by atoms with van der Waals surface area (Å²) < 4.78 is 45.3. The molecule has 1 atom stereocenters. The van der Waals surface area contributed by atoms with Crippen LogP contribution < -0.4 is 5.32 Å². The molecule has 3 heterocycles. The smallest absolute Gasteiger partial charge is 0.442 e. The Kier molecular flexibility index (Phi) is 8.25. The number of pyridine rings is 1. The van der Waals surface area contributed by atoms with E-state index in [1.165, 1.54) is 24.4 Å². The number of fused-ring (bicyclic) bond motifs is 1. The van der Waals surface area contributed by atoms with Crippen LogP contribution in [0.25, 0.3) is 11.0 Å². The molecule has 5 rings (SSSR count). The van der Waals surface area contributed by atoms with Crippen LogP contribution >= 0.6 is 0 Å². The average Bonchev–Trinajstić information content (AvgIpc) is 3.63. The molecule has 3 aromatic rings. The third-order valence-corrected chi connectivity index (χ3v) is 8.13. The molecule has 0 bridgehead atoms. The van der Waals surface area contributed by atoms with Gasteiger partial charge in [-0.3, -0.25) is 14.4 Å². The fourth-order valence-corrected chi connectivity index (χ4v) is 6.09. The van der Waals surface area contributed by atoms with Crippen molar-refractivity contribution in [3.63, 3.8) is 0 Å². The first-order chi connectivity index (χ1) is 20.7. The van der Waals surface area contributed by atoms with Gasteiger partial charge in [0.1, 0.15) is 23.0 Å². The van der Waals surface area contributed by atoms with Gasteiger partial charge < -0.3 is 15.0 Å². The van der Waals surface area contributed by atoms with E-state index in [0.717, 1.165) is 36.1 Å². The largest absolute Gasteiger partial charge is 0.454 e. The maximum Gasteiger partial charge on any atom is 0.454 e. The van der Waals surface area contributed by atoms with Crippen LogP contribution in [0.1, 0.15) is 81.6 Å². The number of aromatic nitrogens is 3. The van der Waals surface area contributed by atoms with E-state index in [1.807, 2.05) is 0 Å². The van der Waals surface area contributed by atoms with Crippen LogP contribution in [0.2, 0.25) is 0 Å². The van der Waals surface area contributed by atoms with E-state index in [1.54, 1.807) is 31.7 Å². The van der Waals surface area contributed by atoms with Crippen molar-refractivity contribution in [3.05, 3.63) is 53.7 Å². The average molecular weight is 614 g/mol. The van der Waals surface area contributed by atoms with Crippen molar-refractivity contribution in [2.24, 2.45) is 0 Å². The number of Topliss-reactive ketones (excluding diaryl/α,β-unsaturated/α-hetero) is 1. The highest BCUT2D eigenvalue weighted by molar-refractivity contribution is 6.01. The Bertz CT molecular complexity index is 1590. The predicted octanol–water partition coefficient (Wildman–Crippen LogP) is 5.79. The van der Waals surface area contributed by atoms with E-state index in [-0.39, 0.29) is 11.7 Å². The molecule has 2 aliphatic rings. The van der Waals surface area contributed by atoms with Gasteiger partial charge in [0.15, 0.2) is 0 Å². The van der Waals surface area contributed by atoms with Gasteiger partial charge in [-0.05, 0) is 64.2 Å². The van der Waals surface area contributed by atoms with Gasteiger partial charge >= 0.3 is 12.3 Å². The summed E-state index contributed by atoms with van der Waals surface area (Å²) in [5.74, 6) is -2.37. The molecule has 13 heteroatoms. The Morgan fingerprint density at radius 3 is 2.27 bits per heavy atom. The number of benzene rings is 1. The Hall–Kier alpha value is -4.29. The summed E-state index contributed by atoms with van der Waals surface area (Å²) in [5, 5.41) is 6.85. The van der Waals surface area contributed by atoms with Crippen LogP contribution in [0.4, 0.5) is 23.8 Å². The van der Waals surface area contributed by atoms with E-state index in [9.17, 15) is 32.3 Å². The Labute approximate surface area is 251 Å². The molecule has 2 aromatic heterocycles. The molecule has 2 fully saturated rings. The lowest BCUT2D eigenvalue weighted by Crippen LogP contribution is -2.52. The molecule has 1 saturated carbocycles. The van der Waals surface area contributed by atoms with Crippen LogP contribution in [0.5, 0.6) is 0 Å². The molecule has 0 unspecified atom stereocenters. The van der Waals surface area contributed by atoms with Crippen LogP contribution in [0.15, 0.2) is 42.6 Å². The monoisotopic (exact) mass is 613 g/mol. The molecule has 1 N–H and O–H groups in total. The highest BCUT2D eigenvalue weighted by Gasteiger charge is 2.48.